The number of anilines is 3. The van der Waals surface area contributed by atoms with Crippen LogP contribution in [0.25, 0.3) is 43.8 Å². The van der Waals surface area contributed by atoms with Gasteiger partial charge in [0.25, 0.3) is 0 Å². The smallest absolute Gasteiger partial charge is 0.159 e. The molecule has 0 saturated carbocycles. The third-order valence-electron chi connectivity index (χ3n) is 10.2. The molecule has 222 valence electrons. The average Bonchev–Trinajstić information content (AvgIpc) is 3.56. The van der Waals surface area contributed by atoms with Gasteiger partial charge in [0.05, 0.1) is 11.4 Å². The van der Waals surface area contributed by atoms with Gasteiger partial charge in [0.2, 0.25) is 0 Å². The molecule has 1 heterocycles. The summed E-state index contributed by atoms with van der Waals surface area (Å²) in [4.78, 5) is 2.42. The van der Waals surface area contributed by atoms with E-state index in [1.165, 1.54) is 33.0 Å². The van der Waals surface area contributed by atoms with Gasteiger partial charge in [0, 0.05) is 27.3 Å². The minimum absolute atomic E-state index is 0.0668. The van der Waals surface area contributed by atoms with Gasteiger partial charge in [-0.2, -0.15) is 0 Å². The summed E-state index contributed by atoms with van der Waals surface area (Å²) in [6, 6.07) is 46.3. The Kier molecular flexibility index (Phi) is 5.90. The van der Waals surface area contributed by atoms with Gasteiger partial charge in [-0.1, -0.05) is 139 Å². The standard InChI is InChI=1S/C43H39NO/c1-41(2,3)43(42(4,5)6)34-24-14-12-22-33(34)39-31-21-11-10-19-29(31)37(27-35(39)43)44(28-17-8-7-9-18-28)36-25-16-23-32-30-20-13-15-26-38(30)45-40(32)36/h7-27H,1-6H3. The van der Waals surface area contributed by atoms with E-state index < -0.39 is 0 Å². The summed E-state index contributed by atoms with van der Waals surface area (Å²) in [5.41, 5.74) is 10.3. The lowest BCUT2D eigenvalue weighted by molar-refractivity contribution is 0.0951. The first kappa shape index (κ1) is 27.7. The molecule has 0 saturated heterocycles. The molecule has 1 aromatic heterocycles. The predicted molar refractivity (Wildman–Crippen MR) is 191 cm³/mol. The van der Waals surface area contributed by atoms with Crippen molar-refractivity contribution in [3.8, 4) is 11.1 Å². The summed E-state index contributed by atoms with van der Waals surface area (Å²) < 4.78 is 6.67. The Labute approximate surface area is 265 Å². The van der Waals surface area contributed by atoms with Crippen molar-refractivity contribution in [3.63, 3.8) is 0 Å². The fraction of sp³-hybridized carbons (Fsp3) is 0.209. The lowest BCUT2D eigenvalue weighted by atomic mass is 9.50. The number of hydrogen-bond donors (Lipinski definition) is 0. The maximum atomic E-state index is 6.67. The van der Waals surface area contributed by atoms with E-state index in [4.69, 9.17) is 4.42 Å². The number of furan rings is 1. The summed E-state index contributed by atoms with van der Waals surface area (Å²) in [6.45, 7) is 14.5. The average molecular weight is 586 g/mol. The van der Waals surface area contributed by atoms with Crippen molar-refractivity contribution >= 4 is 49.8 Å². The molecule has 2 heteroatoms. The SMILES string of the molecule is CC(C)(C)C1(C(C)(C)C)c2ccccc2-c2c1cc(N(c1ccccc1)c1cccc3c1oc1ccccc13)c1ccccc21. The molecule has 0 unspecified atom stereocenters. The third-order valence-corrected chi connectivity index (χ3v) is 10.2. The molecule has 0 fully saturated rings. The number of rotatable bonds is 3. The monoisotopic (exact) mass is 585 g/mol. The second kappa shape index (κ2) is 9.59. The highest BCUT2D eigenvalue weighted by Crippen LogP contribution is 2.66. The van der Waals surface area contributed by atoms with E-state index in [-0.39, 0.29) is 16.2 Å². The molecule has 0 radical (unpaired) electrons. The lowest BCUT2D eigenvalue weighted by Gasteiger charge is -2.53. The second-order valence-electron chi connectivity index (χ2n) is 14.6. The summed E-state index contributed by atoms with van der Waals surface area (Å²) in [7, 11) is 0. The van der Waals surface area contributed by atoms with Gasteiger partial charge in [0.1, 0.15) is 5.58 Å². The minimum atomic E-state index is -0.238. The van der Waals surface area contributed by atoms with Crippen LogP contribution in [-0.2, 0) is 5.41 Å². The Balaban J connectivity index is 1.54. The van der Waals surface area contributed by atoms with Gasteiger partial charge in [-0.15, -0.1) is 0 Å². The maximum Gasteiger partial charge on any atom is 0.159 e. The Bertz CT molecular complexity index is 2230. The molecule has 1 aliphatic rings. The normalized spacial score (nSPS) is 14.2. The van der Waals surface area contributed by atoms with Gasteiger partial charge in [-0.25, -0.2) is 0 Å². The number of nitrogens with zero attached hydrogens (tertiary/aromatic N) is 1. The number of fused-ring (bicyclic) bond motifs is 8. The molecule has 0 aliphatic heterocycles. The van der Waals surface area contributed by atoms with Gasteiger partial charge < -0.3 is 9.32 Å². The highest BCUT2D eigenvalue weighted by molar-refractivity contribution is 6.14. The first-order valence-electron chi connectivity index (χ1n) is 16.0. The van der Waals surface area contributed by atoms with Crippen molar-refractivity contribution in [2.45, 2.75) is 47.0 Å². The second-order valence-corrected chi connectivity index (χ2v) is 14.6. The van der Waals surface area contributed by atoms with Crippen molar-refractivity contribution in [1.29, 1.82) is 0 Å². The molecule has 7 aromatic rings. The molecule has 0 N–H and O–H groups in total. The predicted octanol–water partition coefficient (Wildman–Crippen LogP) is 12.6. The fourth-order valence-corrected chi connectivity index (χ4v) is 8.93. The van der Waals surface area contributed by atoms with Crippen LogP contribution >= 0.6 is 0 Å². The van der Waals surface area contributed by atoms with Crippen LogP contribution in [0.5, 0.6) is 0 Å². The Hall–Kier alpha value is -4.82. The van der Waals surface area contributed by atoms with Crippen LogP contribution in [0.4, 0.5) is 17.1 Å². The summed E-state index contributed by atoms with van der Waals surface area (Å²) in [6.07, 6.45) is 0. The van der Waals surface area contributed by atoms with E-state index in [2.05, 4.69) is 168 Å². The third kappa shape index (κ3) is 3.75. The fourth-order valence-electron chi connectivity index (χ4n) is 8.93. The molecular formula is C43H39NO. The van der Waals surface area contributed by atoms with E-state index >= 15 is 0 Å². The molecule has 8 rings (SSSR count). The molecule has 0 spiro atoms. The molecule has 6 aromatic carbocycles. The minimum Gasteiger partial charge on any atom is -0.454 e. The van der Waals surface area contributed by atoms with Crippen LogP contribution in [0.3, 0.4) is 0 Å². The maximum absolute atomic E-state index is 6.67. The van der Waals surface area contributed by atoms with E-state index in [9.17, 15) is 0 Å². The quantitative estimate of drug-likeness (QED) is 0.205. The first-order valence-corrected chi connectivity index (χ1v) is 16.0. The van der Waals surface area contributed by atoms with Gasteiger partial charge in [0.15, 0.2) is 5.58 Å². The van der Waals surface area contributed by atoms with Gasteiger partial charge in [-0.3, -0.25) is 0 Å². The molecule has 0 atom stereocenters. The summed E-state index contributed by atoms with van der Waals surface area (Å²) in [5.74, 6) is 0. The summed E-state index contributed by atoms with van der Waals surface area (Å²) in [5, 5.41) is 4.77. The van der Waals surface area contributed by atoms with Crippen LogP contribution in [0, 0.1) is 10.8 Å². The van der Waals surface area contributed by atoms with Crippen molar-refractivity contribution < 1.29 is 4.42 Å². The van der Waals surface area contributed by atoms with Gasteiger partial charge >= 0.3 is 0 Å². The van der Waals surface area contributed by atoms with E-state index in [0.29, 0.717) is 0 Å². The Morgan fingerprint density at radius 1 is 0.511 bits per heavy atom. The number of para-hydroxylation sites is 3. The van der Waals surface area contributed by atoms with Crippen molar-refractivity contribution in [1.82, 2.24) is 0 Å². The Morgan fingerprint density at radius 2 is 1.11 bits per heavy atom. The van der Waals surface area contributed by atoms with Crippen LogP contribution < -0.4 is 4.90 Å². The van der Waals surface area contributed by atoms with E-state index in [1.807, 2.05) is 6.07 Å². The van der Waals surface area contributed by atoms with Crippen molar-refractivity contribution in [2.24, 2.45) is 10.8 Å². The van der Waals surface area contributed by atoms with E-state index in [1.54, 1.807) is 0 Å². The zero-order valence-corrected chi connectivity index (χ0v) is 27.0. The van der Waals surface area contributed by atoms with Crippen LogP contribution in [0.2, 0.25) is 0 Å². The van der Waals surface area contributed by atoms with Crippen molar-refractivity contribution in [3.05, 3.63) is 139 Å². The molecule has 1 aliphatic carbocycles. The molecular weight excluding hydrogens is 546 g/mol. The molecule has 45 heavy (non-hydrogen) atoms. The van der Waals surface area contributed by atoms with E-state index in [0.717, 1.165) is 39.0 Å². The summed E-state index contributed by atoms with van der Waals surface area (Å²) >= 11 is 0. The molecule has 0 amide bonds. The zero-order chi connectivity index (χ0) is 31.1. The lowest BCUT2D eigenvalue weighted by Crippen LogP contribution is -2.50. The number of benzene rings is 6. The zero-order valence-electron chi connectivity index (χ0n) is 27.0. The first-order chi connectivity index (χ1) is 21.6. The van der Waals surface area contributed by atoms with Crippen molar-refractivity contribution in [2.75, 3.05) is 4.90 Å². The molecule has 2 nitrogen and oxygen atoms in total. The largest absolute Gasteiger partial charge is 0.454 e. The van der Waals surface area contributed by atoms with Crippen LogP contribution in [0.15, 0.2) is 132 Å². The molecule has 0 bridgehead atoms. The van der Waals surface area contributed by atoms with Crippen LogP contribution in [-0.4, -0.2) is 0 Å². The topological polar surface area (TPSA) is 16.4 Å². The highest BCUT2D eigenvalue weighted by Gasteiger charge is 2.58. The Morgan fingerprint density at radius 3 is 1.84 bits per heavy atom. The number of hydrogen-bond acceptors (Lipinski definition) is 2. The highest BCUT2D eigenvalue weighted by atomic mass is 16.3. The van der Waals surface area contributed by atoms with Gasteiger partial charge in [-0.05, 0) is 68.8 Å². The van der Waals surface area contributed by atoms with Crippen LogP contribution in [0.1, 0.15) is 52.7 Å².